The van der Waals surface area contributed by atoms with E-state index in [0.29, 0.717) is 12.1 Å². The van der Waals surface area contributed by atoms with E-state index in [-0.39, 0.29) is 0 Å². The van der Waals surface area contributed by atoms with Gasteiger partial charge in [0.2, 0.25) is 0 Å². The Labute approximate surface area is 209 Å². The van der Waals surface area contributed by atoms with Crippen LogP contribution in [0.1, 0.15) is 93.9 Å². The van der Waals surface area contributed by atoms with E-state index in [1.165, 1.54) is 51.6 Å². The zero-order valence-corrected chi connectivity index (χ0v) is 24.1. The summed E-state index contributed by atoms with van der Waals surface area (Å²) < 4.78 is 6.14. The quantitative estimate of drug-likeness (QED) is 0.175. The van der Waals surface area contributed by atoms with E-state index < -0.39 is 0 Å². The van der Waals surface area contributed by atoms with E-state index in [9.17, 15) is 0 Å². The van der Waals surface area contributed by atoms with Crippen LogP contribution in [0.15, 0.2) is 0 Å². The van der Waals surface area contributed by atoms with Gasteiger partial charge in [-0.05, 0) is 52.1 Å². The van der Waals surface area contributed by atoms with Crippen molar-refractivity contribution in [1.29, 1.82) is 0 Å². The van der Waals surface area contributed by atoms with Crippen LogP contribution in [0.5, 0.6) is 0 Å². The molecule has 33 heavy (non-hydrogen) atoms. The SMILES string of the molecule is CCCCC(CN(CC)CCOCCN(CC)CC(CCCC)N(CC)CC)N(CC)CC. The summed E-state index contributed by atoms with van der Waals surface area (Å²) in [6, 6.07) is 1.35. The Hall–Kier alpha value is -0.200. The monoisotopic (exact) mass is 470 g/mol. The highest BCUT2D eigenvalue weighted by atomic mass is 16.5. The van der Waals surface area contributed by atoms with Crippen molar-refractivity contribution in [2.45, 2.75) is 106 Å². The fourth-order valence-electron chi connectivity index (χ4n) is 4.98. The van der Waals surface area contributed by atoms with Crippen LogP contribution in [0, 0.1) is 0 Å². The molecule has 0 spiro atoms. The first kappa shape index (κ1) is 32.8. The highest BCUT2D eigenvalue weighted by Crippen LogP contribution is 2.12. The summed E-state index contributed by atoms with van der Waals surface area (Å²) in [7, 11) is 0. The topological polar surface area (TPSA) is 22.2 Å². The van der Waals surface area contributed by atoms with Gasteiger partial charge in [-0.1, -0.05) is 81.1 Å². The van der Waals surface area contributed by atoms with Gasteiger partial charge in [0.1, 0.15) is 0 Å². The van der Waals surface area contributed by atoms with Gasteiger partial charge in [0.15, 0.2) is 0 Å². The number of ether oxygens (including phenoxy) is 1. The number of nitrogens with zero attached hydrogens (tertiary/aromatic N) is 4. The van der Waals surface area contributed by atoms with Crippen molar-refractivity contribution in [2.75, 3.05) is 78.7 Å². The highest BCUT2D eigenvalue weighted by molar-refractivity contribution is 4.76. The Bertz CT molecular complexity index is 365. The lowest BCUT2D eigenvalue weighted by molar-refractivity contribution is 0.0646. The fourth-order valence-corrected chi connectivity index (χ4v) is 4.98. The standard InChI is InChI=1S/C28H62N4O/c1-9-17-19-27(31(13-5)14-6)25-29(11-3)21-23-33-24-22-30(12-4)26-28(20-18-10-2)32(15-7)16-8/h27-28H,9-26H2,1-8H3. The van der Waals surface area contributed by atoms with Gasteiger partial charge in [-0.3, -0.25) is 19.6 Å². The van der Waals surface area contributed by atoms with Gasteiger partial charge in [0, 0.05) is 38.3 Å². The van der Waals surface area contributed by atoms with Crippen LogP contribution in [0.4, 0.5) is 0 Å². The molecule has 0 aliphatic heterocycles. The Kier molecular flexibility index (Phi) is 22.1. The van der Waals surface area contributed by atoms with Crippen molar-refractivity contribution in [2.24, 2.45) is 0 Å². The molecule has 0 N–H and O–H groups in total. The van der Waals surface area contributed by atoms with Gasteiger partial charge in [-0.15, -0.1) is 0 Å². The molecule has 2 unspecified atom stereocenters. The molecule has 5 nitrogen and oxygen atoms in total. The second-order valence-electron chi connectivity index (χ2n) is 9.43. The Morgan fingerprint density at radius 3 is 1.15 bits per heavy atom. The molecule has 200 valence electrons. The molecular formula is C28H62N4O. The largest absolute Gasteiger partial charge is 0.379 e. The molecule has 0 amide bonds. The fraction of sp³-hybridized carbons (Fsp3) is 1.00. The summed E-state index contributed by atoms with van der Waals surface area (Å²) in [5.74, 6) is 0. The van der Waals surface area contributed by atoms with Crippen molar-refractivity contribution in [3.8, 4) is 0 Å². The second-order valence-corrected chi connectivity index (χ2v) is 9.43. The maximum Gasteiger partial charge on any atom is 0.0594 e. The number of hydrogen-bond acceptors (Lipinski definition) is 5. The molecule has 0 aliphatic rings. The molecule has 2 atom stereocenters. The van der Waals surface area contributed by atoms with Crippen molar-refractivity contribution in [3.05, 3.63) is 0 Å². The van der Waals surface area contributed by atoms with Gasteiger partial charge in [0.05, 0.1) is 13.2 Å². The van der Waals surface area contributed by atoms with Crippen LogP contribution in [-0.4, -0.2) is 110 Å². The normalized spacial score (nSPS) is 14.2. The lowest BCUT2D eigenvalue weighted by Gasteiger charge is -2.34. The number of rotatable bonds is 24. The third-order valence-corrected chi connectivity index (χ3v) is 7.38. The lowest BCUT2D eigenvalue weighted by Crippen LogP contribution is -2.45. The minimum Gasteiger partial charge on any atom is -0.379 e. The minimum absolute atomic E-state index is 0.676. The zero-order chi connectivity index (χ0) is 24.9. The molecule has 0 rings (SSSR count). The average Bonchev–Trinajstić information content (AvgIpc) is 2.84. The van der Waals surface area contributed by atoms with Gasteiger partial charge in [0.25, 0.3) is 0 Å². The first-order valence-electron chi connectivity index (χ1n) is 14.5. The molecule has 5 heteroatoms. The van der Waals surface area contributed by atoms with Crippen LogP contribution < -0.4 is 0 Å². The molecule has 0 aromatic carbocycles. The third-order valence-electron chi connectivity index (χ3n) is 7.38. The maximum absolute atomic E-state index is 6.14. The summed E-state index contributed by atoms with van der Waals surface area (Å²) in [4.78, 5) is 10.5. The first-order valence-corrected chi connectivity index (χ1v) is 14.5. The predicted octanol–water partition coefficient (Wildman–Crippen LogP) is 5.45. The van der Waals surface area contributed by atoms with Crippen molar-refractivity contribution in [1.82, 2.24) is 19.6 Å². The predicted molar refractivity (Wildman–Crippen MR) is 148 cm³/mol. The molecule has 0 heterocycles. The number of unbranched alkanes of at least 4 members (excludes halogenated alkanes) is 2. The lowest BCUT2D eigenvalue weighted by atomic mass is 10.1. The summed E-state index contributed by atoms with van der Waals surface area (Å²) in [6.45, 7) is 31.3. The maximum atomic E-state index is 6.14. The summed E-state index contributed by atoms with van der Waals surface area (Å²) in [5, 5.41) is 0. The van der Waals surface area contributed by atoms with E-state index in [1.54, 1.807) is 0 Å². The summed E-state index contributed by atoms with van der Waals surface area (Å²) >= 11 is 0. The van der Waals surface area contributed by atoms with Crippen molar-refractivity contribution >= 4 is 0 Å². The Balaban J connectivity index is 4.51. The van der Waals surface area contributed by atoms with Gasteiger partial charge < -0.3 is 4.74 Å². The first-order chi connectivity index (χ1) is 16.0. The van der Waals surface area contributed by atoms with Gasteiger partial charge >= 0.3 is 0 Å². The zero-order valence-electron chi connectivity index (χ0n) is 24.1. The molecule has 0 aromatic rings. The van der Waals surface area contributed by atoms with Crippen LogP contribution in [0.3, 0.4) is 0 Å². The molecule has 0 bridgehead atoms. The smallest absolute Gasteiger partial charge is 0.0594 e. The molecule has 0 saturated heterocycles. The number of hydrogen-bond donors (Lipinski definition) is 0. The van der Waals surface area contributed by atoms with E-state index in [4.69, 9.17) is 4.74 Å². The van der Waals surface area contributed by atoms with Crippen LogP contribution in [0.2, 0.25) is 0 Å². The summed E-state index contributed by atoms with van der Waals surface area (Å²) in [5.41, 5.74) is 0. The molecule has 0 aliphatic carbocycles. The van der Waals surface area contributed by atoms with E-state index >= 15 is 0 Å². The van der Waals surface area contributed by atoms with Gasteiger partial charge in [-0.25, -0.2) is 0 Å². The third kappa shape index (κ3) is 14.7. The van der Waals surface area contributed by atoms with Crippen LogP contribution >= 0.6 is 0 Å². The van der Waals surface area contributed by atoms with Crippen molar-refractivity contribution < 1.29 is 4.74 Å². The molecule has 0 radical (unpaired) electrons. The van der Waals surface area contributed by atoms with Crippen LogP contribution in [0.25, 0.3) is 0 Å². The van der Waals surface area contributed by atoms with E-state index in [0.717, 1.165) is 65.6 Å². The van der Waals surface area contributed by atoms with E-state index in [2.05, 4.69) is 75.0 Å². The molecular weight excluding hydrogens is 408 g/mol. The number of likely N-dealkylation sites (N-methyl/N-ethyl adjacent to an activating group) is 4. The molecule has 0 saturated carbocycles. The second kappa shape index (κ2) is 22.3. The Morgan fingerprint density at radius 1 is 0.515 bits per heavy atom. The molecule has 0 aromatic heterocycles. The highest BCUT2D eigenvalue weighted by Gasteiger charge is 2.19. The Morgan fingerprint density at radius 2 is 0.879 bits per heavy atom. The van der Waals surface area contributed by atoms with Gasteiger partial charge in [-0.2, -0.15) is 0 Å². The van der Waals surface area contributed by atoms with E-state index in [1.807, 2.05) is 0 Å². The average molecular weight is 471 g/mol. The molecule has 0 fully saturated rings. The van der Waals surface area contributed by atoms with Crippen molar-refractivity contribution in [3.63, 3.8) is 0 Å². The minimum atomic E-state index is 0.676. The summed E-state index contributed by atoms with van der Waals surface area (Å²) in [6.07, 6.45) is 7.85. The van der Waals surface area contributed by atoms with Crippen LogP contribution in [-0.2, 0) is 4.74 Å².